The molecule has 4 rings (SSSR count). The van der Waals surface area contributed by atoms with Gasteiger partial charge in [-0.2, -0.15) is 4.99 Å². The fourth-order valence-corrected chi connectivity index (χ4v) is 4.49. The van der Waals surface area contributed by atoms with E-state index in [9.17, 15) is 29.3 Å². The lowest BCUT2D eigenvalue weighted by molar-refractivity contribution is -0.384. The summed E-state index contributed by atoms with van der Waals surface area (Å²) in [6.45, 7) is 0.942. The zero-order chi connectivity index (χ0) is 23.7. The van der Waals surface area contributed by atoms with Crippen LogP contribution in [0.15, 0.2) is 47.5 Å². The first kappa shape index (κ1) is 22.0. The highest BCUT2D eigenvalue weighted by Gasteiger charge is 2.36. The number of benzene rings is 2. The maximum atomic E-state index is 12.7. The van der Waals surface area contributed by atoms with Crippen LogP contribution in [0.2, 0.25) is 0 Å². The minimum Gasteiger partial charge on any atom is -0.465 e. The van der Waals surface area contributed by atoms with Crippen LogP contribution in [-0.2, 0) is 20.9 Å². The summed E-state index contributed by atoms with van der Waals surface area (Å²) >= 11 is 0.966. The molecule has 2 aromatic carbocycles. The molecule has 0 aliphatic carbocycles. The number of non-ortho nitro benzene ring substituents is 1. The van der Waals surface area contributed by atoms with Gasteiger partial charge in [0, 0.05) is 12.1 Å². The number of fused-ring (bicyclic) bond motifs is 2. The first-order valence-electron chi connectivity index (χ1n) is 9.76. The molecule has 1 aliphatic heterocycles. The van der Waals surface area contributed by atoms with Crippen molar-refractivity contribution >= 4 is 50.9 Å². The molecule has 0 N–H and O–H groups in total. The Balaban J connectivity index is 1.70. The van der Waals surface area contributed by atoms with E-state index in [1.165, 1.54) is 34.9 Å². The van der Waals surface area contributed by atoms with Crippen LogP contribution in [0.1, 0.15) is 27.6 Å². The van der Waals surface area contributed by atoms with Crippen LogP contribution in [-0.4, -0.2) is 51.2 Å². The number of carbonyl (C=O) groups excluding carboxylic acids is 4. The molecule has 0 unspecified atom stereocenters. The van der Waals surface area contributed by atoms with E-state index in [0.717, 1.165) is 16.2 Å². The molecule has 168 valence electrons. The standard InChI is InChI=1S/C21H16N4O7S/c1-2-32-18(27)11-23-15-8-7-12(25(30)31)9-16(15)33-21(23)22-17(26)10-24-19(28)13-5-3-4-6-14(13)20(24)29/h3-9H,2,10-11H2,1H3. The third-order valence-electron chi connectivity index (χ3n) is 4.86. The minimum absolute atomic E-state index is 0.0835. The highest BCUT2D eigenvalue weighted by atomic mass is 32.1. The van der Waals surface area contributed by atoms with Gasteiger partial charge in [-0.1, -0.05) is 23.5 Å². The molecule has 11 nitrogen and oxygen atoms in total. The van der Waals surface area contributed by atoms with Gasteiger partial charge in [-0.25, -0.2) is 0 Å². The number of rotatable bonds is 6. The fourth-order valence-electron chi connectivity index (χ4n) is 3.41. The molecule has 0 bridgehead atoms. The first-order valence-corrected chi connectivity index (χ1v) is 10.6. The van der Waals surface area contributed by atoms with Gasteiger partial charge in [0.2, 0.25) is 0 Å². The smallest absolute Gasteiger partial charge is 0.326 e. The molecule has 0 saturated carbocycles. The van der Waals surface area contributed by atoms with E-state index in [-0.39, 0.29) is 34.8 Å². The van der Waals surface area contributed by atoms with Crippen molar-refractivity contribution in [3.8, 4) is 0 Å². The van der Waals surface area contributed by atoms with Gasteiger partial charge in [0.05, 0.1) is 32.9 Å². The largest absolute Gasteiger partial charge is 0.465 e. The minimum atomic E-state index is -0.789. The number of esters is 1. The van der Waals surface area contributed by atoms with E-state index in [1.54, 1.807) is 19.1 Å². The number of nitro benzene ring substituents is 1. The molecular weight excluding hydrogens is 452 g/mol. The molecule has 0 atom stereocenters. The molecule has 12 heteroatoms. The van der Waals surface area contributed by atoms with E-state index in [0.29, 0.717) is 10.2 Å². The summed E-state index contributed by atoms with van der Waals surface area (Å²) in [7, 11) is 0. The Hall–Kier alpha value is -4.19. The summed E-state index contributed by atoms with van der Waals surface area (Å²) in [5.74, 6) is -2.55. The maximum Gasteiger partial charge on any atom is 0.326 e. The number of thiazole rings is 1. The van der Waals surface area contributed by atoms with E-state index in [1.807, 2.05) is 0 Å². The van der Waals surface area contributed by atoms with Gasteiger partial charge in [-0.15, -0.1) is 0 Å². The number of ether oxygens (including phenoxy) is 1. The average molecular weight is 468 g/mol. The Morgan fingerprint density at radius 2 is 1.76 bits per heavy atom. The van der Waals surface area contributed by atoms with E-state index < -0.39 is 35.2 Å². The molecular formula is C21H16N4O7S. The lowest BCUT2D eigenvalue weighted by Crippen LogP contribution is -2.35. The Labute approximate surface area is 189 Å². The third-order valence-corrected chi connectivity index (χ3v) is 5.90. The normalized spacial score (nSPS) is 13.5. The highest BCUT2D eigenvalue weighted by Crippen LogP contribution is 2.24. The second-order valence-corrected chi connectivity index (χ2v) is 7.94. The Bertz CT molecular complexity index is 1370. The number of carbonyl (C=O) groups is 4. The van der Waals surface area contributed by atoms with Gasteiger partial charge >= 0.3 is 5.97 Å². The van der Waals surface area contributed by atoms with Crippen LogP contribution < -0.4 is 4.80 Å². The van der Waals surface area contributed by atoms with Crippen LogP contribution in [0.4, 0.5) is 5.69 Å². The molecule has 3 aromatic rings. The lowest BCUT2D eigenvalue weighted by atomic mass is 10.1. The van der Waals surface area contributed by atoms with Crippen molar-refractivity contribution in [1.82, 2.24) is 9.47 Å². The monoisotopic (exact) mass is 468 g/mol. The topological polar surface area (TPSA) is 141 Å². The average Bonchev–Trinajstić information content (AvgIpc) is 3.23. The van der Waals surface area contributed by atoms with Gasteiger partial charge in [0.1, 0.15) is 13.1 Å². The van der Waals surface area contributed by atoms with Gasteiger partial charge in [-0.3, -0.25) is 34.2 Å². The third kappa shape index (κ3) is 4.15. The number of hydrogen-bond donors (Lipinski definition) is 0. The molecule has 33 heavy (non-hydrogen) atoms. The van der Waals surface area contributed by atoms with E-state index >= 15 is 0 Å². The number of amides is 3. The SMILES string of the molecule is CCOC(=O)Cn1c(=NC(=O)CN2C(=O)c3ccccc3C2=O)sc2cc([N+](=O)[O-])ccc21. The molecule has 0 radical (unpaired) electrons. The summed E-state index contributed by atoms with van der Waals surface area (Å²) in [5.41, 5.74) is 0.713. The van der Waals surface area contributed by atoms with Gasteiger partial charge < -0.3 is 9.30 Å². The zero-order valence-corrected chi connectivity index (χ0v) is 18.0. The van der Waals surface area contributed by atoms with Gasteiger partial charge in [-0.05, 0) is 25.1 Å². The molecule has 0 spiro atoms. The maximum absolute atomic E-state index is 12.7. The molecule has 0 saturated heterocycles. The number of nitro groups is 1. The lowest BCUT2D eigenvalue weighted by Gasteiger charge is -2.10. The fraction of sp³-hybridized carbons (Fsp3) is 0.190. The van der Waals surface area contributed by atoms with Crippen molar-refractivity contribution in [3.63, 3.8) is 0 Å². The number of nitrogens with zero attached hydrogens (tertiary/aromatic N) is 4. The molecule has 1 aliphatic rings. The van der Waals surface area contributed by atoms with Crippen molar-refractivity contribution in [2.45, 2.75) is 13.5 Å². The summed E-state index contributed by atoms with van der Waals surface area (Å²) in [6.07, 6.45) is 0. The van der Waals surface area contributed by atoms with Crippen molar-refractivity contribution in [1.29, 1.82) is 0 Å². The van der Waals surface area contributed by atoms with Crippen molar-refractivity contribution < 1.29 is 28.8 Å². The van der Waals surface area contributed by atoms with Gasteiger partial charge in [0.25, 0.3) is 23.4 Å². The predicted molar refractivity (Wildman–Crippen MR) is 115 cm³/mol. The Morgan fingerprint density at radius 1 is 1.09 bits per heavy atom. The quantitative estimate of drug-likeness (QED) is 0.233. The first-order chi connectivity index (χ1) is 15.8. The molecule has 0 fully saturated rings. The van der Waals surface area contributed by atoms with Gasteiger partial charge in [0.15, 0.2) is 4.80 Å². The summed E-state index contributed by atoms with van der Waals surface area (Å²) < 4.78 is 6.81. The van der Waals surface area contributed by atoms with E-state index in [2.05, 4.69) is 4.99 Å². The van der Waals surface area contributed by atoms with Crippen LogP contribution in [0.3, 0.4) is 0 Å². The van der Waals surface area contributed by atoms with Crippen molar-refractivity contribution in [3.05, 3.63) is 68.5 Å². The number of imide groups is 1. The molecule has 2 heterocycles. The highest BCUT2D eigenvalue weighted by molar-refractivity contribution is 7.16. The van der Waals surface area contributed by atoms with Crippen molar-refractivity contribution in [2.24, 2.45) is 4.99 Å². The van der Waals surface area contributed by atoms with Crippen LogP contribution in [0, 0.1) is 10.1 Å². The van der Waals surface area contributed by atoms with Crippen LogP contribution in [0.25, 0.3) is 10.2 Å². The Morgan fingerprint density at radius 3 is 2.36 bits per heavy atom. The van der Waals surface area contributed by atoms with E-state index in [4.69, 9.17) is 4.74 Å². The Kier molecular flexibility index (Phi) is 5.84. The van der Waals surface area contributed by atoms with Crippen molar-refractivity contribution in [2.75, 3.05) is 13.2 Å². The van der Waals surface area contributed by atoms with Crippen LogP contribution >= 0.6 is 11.3 Å². The predicted octanol–water partition coefficient (Wildman–Crippen LogP) is 1.90. The summed E-state index contributed by atoms with van der Waals surface area (Å²) in [6, 6.07) is 10.3. The van der Waals surface area contributed by atoms with Crippen LogP contribution in [0.5, 0.6) is 0 Å². The summed E-state index contributed by atoms with van der Waals surface area (Å²) in [5, 5.41) is 11.1. The second kappa shape index (κ2) is 8.74. The number of aromatic nitrogens is 1. The second-order valence-electron chi connectivity index (χ2n) is 6.93. The zero-order valence-electron chi connectivity index (χ0n) is 17.2. The molecule has 3 amide bonds. The summed E-state index contributed by atoms with van der Waals surface area (Å²) in [4.78, 5) is 65.2. The number of hydrogen-bond acceptors (Lipinski definition) is 8. The molecule has 1 aromatic heterocycles.